The van der Waals surface area contributed by atoms with Crippen molar-refractivity contribution in [2.24, 2.45) is 0 Å². The molecule has 0 unspecified atom stereocenters. The van der Waals surface area contributed by atoms with E-state index in [0.29, 0.717) is 6.42 Å². The van der Waals surface area contributed by atoms with Crippen LogP contribution in [0.3, 0.4) is 0 Å². The predicted octanol–water partition coefficient (Wildman–Crippen LogP) is 1.01. The average Bonchev–Trinajstić information content (AvgIpc) is 2.82. The summed E-state index contributed by atoms with van der Waals surface area (Å²) in [4.78, 5) is 19.6. The van der Waals surface area contributed by atoms with Crippen LogP contribution in [0.5, 0.6) is 0 Å². The Kier molecular flexibility index (Phi) is 3.57. The Balaban J connectivity index is 1.97. The molecule has 0 aromatic carbocycles. The number of furan rings is 1. The van der Waals surface area contributed by atoms with Gasteiger partial charge in [0, 0.05) is 24.9 Å². The van der Waals surface area contributed by atoms with Gasteiger partial charge >= 0.3 is 0 Å². The van der Waals surface area contributed by atoms with Crippen LogP contribution in [0.4, 0.5) is 5.82 Å². The maximum Gasteiger partial charge on any atom is 0.273 e. The number of hydrogen-bond donors (Lipinski definition) is 2. The normalized spacial score (nSPS) is 12.1. The number of nitrogens with one attached hydrogen (secondary N) is 1. The van der Waals surface area contributed by atoms with E-state index in [2.05, 4.69) is 15.3 Å². The number of carbonyl (C=O) groups is 1. The van der Waals surface area contributed by atoms with E-state index in [4.69, 9.17) is 10.2 Å². The van der Waals surface area contributed by atoms with Gasteiger partial charge in [-0.1, -0.05) is 0 Å². The third-order valence-corrected chi connectivity index (χ3v) is 2.41. The van der Waals surface area contributed by atoms with Gasteiger partial charge in [0.25, 0.3) is 5.91 Å². The fraction of sp³-hybridized carbons (Fsp3) is 0.250. The zero-order chi connectivity index (χ0) is 13.0. The van der Waals surface area contributed by atoms with Gasteiger partial charge in [-0.15, -0.1) is 0 Å². The molecule has 6 heteroatoms. The van der Waals surface area contributed by atoms with Crippen LogP contribution in [-0.2, 0) is 6.42 Å². The number of nitrogen functional groups attached to an aromatic ring is 1. The molecule has 1 amide bonds. The van der Waals surface area contributed by atoms with Gasteiger partial charge in [0.05, 0.1) is 6.26 Å². The number of amides is 1. The Bertz CT molecular complexity index is 525. The molecule has 0 aliphatic carbocycles. The molecule has 94 valence electrons. The zero-order valence-electron chi connectivity index (χ0n) is 9.96. The molecular weight excluding hydrogens is 232 g/mol. The van der Waals surface area contributed by atoms with E-state index in [9.17, 15) is 4.79 Å². The molecule has 18 heavy (non-hydrogen) atoms. The van der Waals surface area contributed by atoms with Crippen molar-refractivity contribution in [1.29, 1.82) is 0 Å². The van der Waals surface area contributed by atoms with Crippen molar-refractivity contribution in [2.45, 2.75) is 19.4 Å². The van der Waals surface area contributed by atoms with Crippen LogP contribution >= 0.6 is 0 Å². The van der Waals surface area contributed by atoms with Crippen LogP contribution in [0.2, 0.25) is 0 Å². The van der Waals surface area contributed by atoms with Crippen LogP contribution in [0.25, 0.3) is 0 Å². The van der Waals surface area contributed by atoms with Crippen molar-refractivity contribution in [1.82, 2.24) is 15.3 Å². The molecule has 0 fully saturated rings. The lowest BCUT2D eigenvalue weighted by Gasteiger charge is -2.12. The van der Waals surface area contributed by atoms with Crippen molar-refractivity contribution in [3.63, 3.8) is 0 Å². The van der Waals surface area contributed by atoms with E-state index in [1.165, 1.54) is 12.4 Å². The maximum atomic E-state index is 11.9. The lowest BCUT2D eigenvalue weighted by Crippen LogP contribution is -2.35. The molecule has 0 bridgehead atoms. The highest BCUT2D eigenvalue weighted by molar-refractivity contribution is 5.96. The van der Waals surface area contributed by atoms with Crippen LogP contribution in [-0.4, -0.2) is 21.9 Å². The first-order chi connectivity index (χ1) is 8.66. The van der Waals surface area contributed by atoms with Crippen molar-refractivity contribution >= 4 is 11.7 Å². The van der Waals surface area contributed by atoms with Crippen LogP contribution in [0.1, 0.15) is 23.2 Å². The largest absolute Gasteiger partial charge is 0.469 e. The minimum atomic E-state index is -0.334. The molecule has 0 saturated carbocycles. The van der Waals surface area contributed by atoms with E-state index < -0.39 is 0 Å². The highest BCUT2D eigenvalue weighted by Gasteiger charge is 2.15. The molecule has 2 heterocycles. The smallest absolute Gasteiger partial charge is 0.273 e. The third kappa shape index (κ3) is 2.85. The first-order valence-corrected chi connectivity index (χ1v) is 5.56. The van der Waals surface area contributed by atoms with Crippen LogP contribution in [0.15, 0.2) is 35.2 Å². The Morgan fingerprint density at radius 2 is 2.28 bits per heavy atom. The molecule has 3 N–H and O–H groups in total. The predicted molar refractivity (Wildman–Crippen MR) is 65.8 cm³/mol. The summed E-state index contributed by atoms with van der Waals surface area (Å²) in [7, 11) is 0. The minimum absolute atomic E-state index is 0.0787. The second-order valence-electron chi connectivity index (χ2n) is 3.95. The number of carbonyl (C=O) groups excluding carboxylic acids is 1. The first kappa shape index (κ1) is 12.1. The summed E-state index contributed by atoms with van der Waals surface area (Å²) in [6.07, 6.45) is 5.09. The number of rotatable bonds is 4. The van der Waals surface area contributed by atoms with Crippen molar-refractivity contribution in [3.8, 4) is 0 Å². The molecule has 1 atom stereocenters. The molecule has 0 spiro atoms. The molecule has 0 aliphatic heterocycles. The molecule has 2 aromatic rings. The van der Waals surface area contributed by atoms with Gasteiger partial charge in [-0.2, -0.15) is 0 Å². The van der Waals surface area contributed by atoms with E-state index in [0.717, 1.165) is 5.76 Å². The van der Waals surface area contributed by atoms with E-state index >= 15 is 0 Å². The zero-order valence-corrected chi connectivity index (χ0v) is 9.96. The Hall–Kier alpha value is -2.37. The van der Waals surface area contributed by atoms with Crippen molar-refractivity contribution in [2.75, 3.05) is 5.73 Å². The van der Waals surface area contributed by atoms with Crippen LogP contribution < -0.4 is 11.1 Å². The molecule has 0 aliphatic rings. The van der Waals surface area contributed by atoms with Gasteiger partial charge in [0.15, 0.2) is 11.5 Å². The summed E-state index contributed by atoms with van der Waals surface area (Å²) in [5.74, 6) is 0.606. The summed E-state index contributed by atoms with van der Waals surface area (Å²) in [5, 5.41) is 2.79. The maximum absolute atomic E-state index is 11.9. The lowest BCUT2D eigenvalue weighted by molar-refractivity contribution is 0.0935. The van der Waals surface area contributed by atoms with Crippen LogP contribution in [0, 0.1) is 0 Å². The summed E-state index contributed by atoms with van der Waals surface area (Å²) in [6, 6.07) is 3.59. The molecule has 6 nitrogen and oxygen atoms in total. The monoisotopic (exact) mass is 246 g/mol. The van der Waals surface area contributed by atoms with E-state index in [-0.39, 0.29) is 23.5 Å². The second-order valence-corrected chi connectivity index (χ2v) is 3.95. The highest BCUT2D eigenvalue weighted by Crippen LogP contribution is 2.06. The summed E-state index contributed by atoms with van der Waals surface area (Å²) in [6.45, 7) is 1.88. The number of hydrogen-bond acceptors (Lipinski definition) is 5. The fourth-order valence-corrected chi connectivity index (χ4v) is 1.60. The van der Waals surface area contributed by atoms with E-state index in [1.54, 1.807) is 6.26 Å². The molecule has 2 aromatic heterocycles. The topological polar surface area (TPSA) is 94.0 Å². The number of anilines is 1. The Morgan fingerprint density at radius 3 is 2.94 bits per heavy atom. The lowest BCUT2D eigenvalue weighted by atomic mass is 10.2. The number of aromatic nitrogens is 2. The first-order valence-electron chi connectivity index (χ1n) is 5.56. The molecule has 0 radical (unpaired) electrons. The standard InChI is InChI=1S/C12H14N4O2/c1-8(7-9-3-2-6-18-9)16-12(17)10-11(13)15-5-4-14-10/h2-6,8H,7H2,1H3,(H2,13,15)(H,16,17)/t8-/m0/s1. The van der Waals surface area contributed by atoms with Gasteiger partial charge in [-0.05, 0) is 19.1 Å². The number of nitrogens with two attached hydrogens (primary N) is 1. The SMILES string of the molecule is C[C@@H](Cc1ccco1)NC(=O)c1nccnc1N. The highest BCUT2D eigenvalue weighted by atomic mass is 16.3. The Labute approximate surface area is 104 Å². The summed E-state index contributed by atoms with van der Waals surface area (Å²) >= 11 is 0. The quantitative estimate of drug-likeness (QED) is 0.839. The average molecular weight is 246 g/mol. The molecule has 2 rings (SSSR count). The number of nitrogens with zero attached hydrogens (tertiary/aromatic N) is 2. The van der Waals surface area contributed by atoms with Gasteiger partial charge < -0.3 is 15.5 Å². The van der Waals surface area contributed by atoms with E-state index in [1.807, 2.05) is 19.1 Å². The van der Waals surface area contributed by atoms with Gasteiger partial charge in [0.1, 0.15) is 5.76 Å². The van der Waals surface area contributed by atoms with Crippen molar-refractivity contribution < 1.29 is 9.21 Å². The fourth-order valence-electron chi connectivity index (χ4n) is 1.60. The van der Waals surface area contributed by atoms with Gasteiger partial charge in [-0.25, -0.2) is 9.97 Å². The minimum Gasteiger partial charge on any atom is -0.469 e. The third-order valence-electron chi connectivity index (χ3n) is 2.41. The molecular formula is C12H14N4O2. The summed E-state index contributed by atoms with van der Waals surface area (Å²) < 4.78 is 5.21. The molecule has 0 saturated heterocycles. The Morgan fingerprint density at radius 1 is 1.50 bits per heavy atom. The van der Waals surface area contributed by atoms with Crippen molar-refractivity contribution in [3.05, 3.63) is 42.2 Å². The summed E-state index contributed by atoms with van der Waals surface area (Å²) in [5.41, 5.74) is 5.72. The van der Waals surface area contributed by atoms with Gasteiger partial charge in [0.2, 0.25) is 0 Å². The second kappa shape index (κ2) is 5.31. The van der Waals surface area contributed by atoms with Gasteiger partial charge in [-0.3, -0.25) is 4.79 Å².